The van der Waals surface area contributed by atoms with Crippen molar-refractivity contribution in [2.75, 3.05) is 6.61 Å². The average molecular weight is 127 g/mol. The van der Waals surface area contributed by atoms with Gasteiger partial charge in [0.2, 0.25) is 0 Å². The Morgan fingerprint density at radius 3 is 3.11 bits per heavy atom. The van der Waals surface area contributed by atoms with Gasteiger partial charge in [-0.1, -0.05) is 12.2 Å². The van der Waals surface area contributed by atoms with Crippen LogP contribution in [0.1, 0.15) is 6.92 Å². The molecule has 50 valence electrons. The number of alkyl carbamates (subject to hydrolysis) is 1. The molecule has 3 heteroatoms. The van der Waals surface area contributed by atoms with Gasteiger partial charge in [-0.15, -0.1) is 0 Å². The van der Waals surface area contributed by atoms with E-state index in [0.29, 0.717) is 6.61 Å². The number of allylic oxidation sites excluding steroid dienone is 1. The Kier molecular flexibility index (Phi) is 1.72. The molecule has 1 saturated heterocycles. The lowest BCUT2D eigenvalue weighted by molar-refractivity contribution is 0.177. The molecule has 1 N–H and O–H groups in total. The predicted octanol–water partition coefficient (Wildman–Crippen LogP) is 0.671. The summed E-state index contributed by atoms with van der Waals surface area (Å²) >= 11 is 0. The summed E-state index contributed by atoms with van der Waals surface area (Å²) in [4.78, 5) is 10.4. The minimum absolute atomic E-state index is 0.0856. The fourth-order valence-electron chi connectivity index (χ4n) is 0.736. The highest BCUT2D eigenvalue weighted by molar-refractivity contribution is 5.70. The van der Waals surface area contributed by atoms with Crippen molar-refractivity contribution >= 4 is 6.09 Å². The first kappa shape index (κ1) is 6.13. The smallest absolute Gasteiger partial charge is 0.407 e. The van der Waals surface area contributed by atoms with Crippen LogP contribution in [-0.2, 0) is 4.74 Å². The van der Waals surface area contributed by atoms with E-state index in [9.17, 15) is 4.79 Å². The summed E-state index contributed by atoms with van der Waals surface area (Å²) in [7, 11) is 0. The van der Waals surface area contributed by atoms with E-state index in [-0.39, 0.29) is 12.1 Å². The maximum atomic E-state index is 10.4. The zero-order valence-corrected chi connectivity index (χ0v) is 5.26. The highest BCUT2D eigenvalue weighted by Gasteiger charge is 2.18. The number of cyclic esters (lactones) is 1. The number of carbonyl (C=O) groups is 1. The highest BCUT2D eigenvalue weighted by atomic mass is 16.6. The molecule has 0 aliphatic carbocycles. The van der Waals surface area contributed by atoms with Gasteiger partial charge in [0.25, 0.3) is 0 Å². The molecule has 1 aliphatic heterocycles. The first-order valence-electron chi connectivity index (χ1n) is 2.89. The molecule has 3 nitrogen and oxygen atoms in total. The van der Waals surface area contributed by atoms with E-state index in [1.54, 1.807) is 0 Å². The molecule has 9 heavy (non-hydrogen) atoms. The molecule has 0 unspecified atom stereocenters. The van der Waals surface area contributed by atoms with Gasteiger partial charge in [-0.25, -0.2) is 4.79 Å². The lowest BCUT2D eigenvalue weighted by Gasteiger charge is -1.94. The van der Waals surface area contributed by atoms with Gasteiger partial charge >= 0.3 is 6.09 Å². The Morgan fingerprint density at radius 2 is 2.67 bits per heavy atom. The van der Waals surface area contributed by atoms with Crippen molar-refractivity contribution in [2.45, 2.75) is 13.0 Å². The van der Waals surface area contributed by atoms with Crippen LogP contribution in [0, 0.1) is 0 Å². The fourth-order valence-corrected chi connectivity index (χ4v) is 0.736. The van der Waals surface area contributed by atoms with Crippen molar-refractivity contribution in [1.82, 2.24) is 5.32 Å². The molecule has 1 rings (SSSR count). The number of amides is 1. The number of rotatable bonds is 1. The Balaban J connectivity index is 2.39. The van der Waals surface area contributed by atoms with E-state index in [1.807, 2.05) is 19.1 Å². The molecule has 0 aromatic rings. The molecular formula is C6H9NO2. The van der Waals surface area contributed by atoms with Crippen LogP contribution >= 0.6 is 0 Å². The maximum Gasteiger partial charge on any atom is 0.407 e. The Labute approximate surface area is 53.7 Å². The SMILES string of the molecule is C/C=C\[C@@H]1COC(=O)N1. The molecule has 1 amide bonds. The molecule has 1 aliphatic rings. The topological polar surface area (TPSA) is 38.3 Å². The van der Waals surface area contributed by atoms with Crippen molar-refractivity contribution < 1.29 is 9.53 Å². The molecule has 0 saturated carbocycles. The molecule has 0 aromatic heterocycles. The van der Waals surface area contributed by atoms with Crippen LogP contribution in [0.3, 0.4) is 0 Å². The van der Waals surface area contributed by atoms with Crippen molar-refractivity contribution in [3.05, 3.63) is 12.2 Å². The van der Waals surface area contributed by atoms with Gasteiger partial charge in [-0.3, -0.25) is 0 Å². The summed E-state index contributed by atoms with van der Waals surface area (Å²) in [6.45, 7) is 2.37. The third kappa shape index (κ3) is 1.45. The minimum Gasteiger partial charge on any atom is -0.447 e. The second kappa shape index (κ2) is 2.53. The van der Waals surface area contributed by atoms with E-state index in [4.69, 9.17) is 0 Å². The largest absolute Gasteiger partial charge is 0.447 e. The van der Waals surface area contributed by atoms with E-state index in [2.05, 4.69) is 10.1 Å². The maximum absolute atomic E-state index is 10.4. The van der Waals surface area contributed by atoms with Crippen LogP contribution in [0.4, 0.5) is 4.79 Å². The Hall–Kier alpha value is -0.990. The van der Waals surface area contributed by atoms with Crippen LogP contribution in [-0.4, -0.2) is 18.7 Å². The molecule has 0 spiro atoms. The van der Waals surface area contributed by atoms with Gasteiger partial charge in [-0.05, 0) is 6.92 Å². The number of hydrogen-bond acceptors (Lipinski definition) is 2. The summed E-state index contributed by atoms with van der Waals surface area (Å²) in [6.07, 6.45) is 3.46. The van der Waals surface area contributed by atoms with Crippen LogP contribution in [0.5, 0.6) is 0 Å². The quantitative estimate of drug-likeness (QED) is 0.526. The molecule has 1 fully saturated rings. The highest BCUT2D eigenvalue weighted by Crippen LogP contribution is 1.97. The van der Waals surface area contributed by atoms with Crippen molar-refractivity contribution in [3.63, 3.8) is 0 Å². The van der Waals surface area contributed by atoms with Gasteiger partial charge in [-0.2, -0.15) is 0 Å². The zero-order valence-electron chi connectivity index (χ0n) is 5.26. The number of hydrogen-bond donors (Lipinski definition) is 1. The molecule has 0 aromatic carbocycles. The average Bonchev–Trinajstić information content (AvgIpc) is 2.17. The Morgan fingerprint density at radius 1 is 1.89 bits per heavy atom. The first-order valence-corrected chi connectivity index (χ1v) is 2.89. The van der Waals surface area contributed by atoms with Crippen molar-refractivity contribution in [1.29, 1.82) is 0 Å². The second-order valence-corrected chi connectivity index (χ2v) is 1.88. The van der Waals surface area contributed by atoms with E-state index in [0.717, 1.165) is 0 Å². The third-order valence-corrected chi connectivity index (χ3v) is 1.12. The summed E-state index contributed by atoms with van der Waals surface area (Å²) in [6, 6.07) is 0.0856. The van der Waals surface area contributed by atoms with Crippen molar-refractivity contribution in [2.24, 2.45) is 0 Å². The van der Waals surface area contributed by atoms with E-state index < -0.39 is 0 Å². The van der Waals surface area contributed by atoms with Crippen LogP contribution < -0.4 is 5.32 Å². The minimum atomic E-state index is -0.321. The lowest BCUT2D eigenvalue weighted by Crippen LogP contribution is -2.23. The molecular weight excluding hydrogens is 118 g/mol. The van der Waals surface area contributed by atoms with Crippen LogP contribution in [0.25, 0.3) is 0 Å². The summed E-state index contributed by atoms with van der Waals surface area (Å²) < 4.78 is 4.62. The van der Waals surface area contributed by atoms with Crippen LogP contribution in [0.15, 0.2) is 12.2 Å². The summed E-state index contributed by atoms with van der Waals surface area (Å²) in [5.41, 5.74) is 0. The second-order valence-electron chi connectivity index (χ2n) is 1.88. The van der Waals surface area contributed by atoms with Gasteiger partial charge in [0, 0.05) is 0 Å². The van der Waals surface area contributed by atoms with Crippen molar-refractivity contribution in [3.8, 4) is 0 Å². The lowest BCUT2D eigenvalue weighted by atomic mass is 10.3. The standard InChI is InChI=1S/C6H9NO2/c1-2-3-5-4-9-6(8)7-5/h2-3,5H,4H2,1H3,(H,7,8)/b3-2-/t5-/m1/s1. The number of carbonyl (C=O) groups excluding carboxylic acids is 1. The molecule has 1 heterocycles. The monoisotopic (exact) mass is 127 g/mol. The van der Waals surface area contributed by atoms with E-state index in [1.165, 1.54) is 0 Å². The normalized spacial score (nSPS) is 26.3. The predicted molar refractivity (Wildman–Crippen MR) is 33.1 cm³/mol. The Bertz CT molecular complexity index is 142. The van der Waals surface area contributed by atoms with Gasteiger partial charge in [0.1, 0.15) is 6.61 Å². The zero-order chi connectivity index (χ0) is 6.69. The summed E-state index contributed by atoms with van der Waals surface area (Å²) in [5.74, 6) is 0. The first-order chi connectivity index (χ1) is 4.33. The third-order valence-electron chi connectivity index (χ3n) is 1.12. The molecule has 0 radical (unpaired) electrons. The number of ether oxygens (including phenoxy) is 1. The van der Waals surface area contributed by atoms with Gasteiger partial charge < -0.3 is 10.1 Å². The van der Waals surface area contributed by atoms with E-state index >= 15 is 0 Å². The molecule has 1 atom stereocenters. The number of nitrogens with one attached hydrogen (secondary N) is 1. The van der Waals surface area contributed by atoms with Crippen LogP contribution in [0.2, 0.25) is 0 Å². The van der Waals surface area contributed by atoms with Gasteiger partial charge in [0.15, 0.2) is 0 Å². The molecule has 0 bridgehead atoms. The van der Waals surface area contributed by atoms with Gasteiger partial charge in [0.05, 0.1) is 6.04 Å². The fraction of sp³-hybridized carbons (Fsp3) is 0.500. The summed E-state index contributed by atoms with van der Waals surface area (Å²) in [5, 5.41) is 2.61.